The highest BCUT2D eigenvalue weighted by Gasteiger charge is 2.11. The van der Waals surface area contributed by atoms with Crippen LogP contribution in [0.4, 0.5) is 0 Å². The topological polar surface area (TPSA) is 34.1 Å². The van der Waals surface area contributed by atoms with Crippen LogP contribution >= 0.6 is 15.9 Å². The lowest BCUT2D eigenvalue weighted by Gasteiger charge is -2.17. The molecule has 0 spiro atoms. The van der Waals surface area contributed by atoms with E-state index in [1.54, 1.807) is 7.11 Å². The van der Waals surface area contributed by atoms with Crippen LogP contribution in [0.2, 0.25) is 0 Å². The summed E-state index contributed by atoms with van der Waals surface area (Å²) < 4.78 is 6.55. The third-order valence-electron chi connectivity index (χ3n) is 3.67. The molecular weight excluding hydrogens is 328 g/mol. The van der Waals surface area contributed by atoms with Gasteiger partial charge in [-0.25, -0.2) is 0 Å². The van der Waals surface area contributed by atoms with Gasteiger partial charge in [-0.15, -0.1) is 0 Å². The molecule has 3 nitrogen and oxygen atoms in total. The van der Waals surface area contributed by atoms with E-state index in [2.05, 4.69) is 58.3 Å². The van der Waals surface area contributed by atoms with E-state index in [-0.39, 0.29) is 6.04 Å². The van der Waals surface area contributed by atoms with Crippen molar-refractivity contribution in [3.8, 4) is 5.75 Å². The number of nitrogens with one attached hydrogen (secondary N) is 1. The Balaban J connectivity index is 2.10. The maximum atomic E-state index is 5.45. The number of hydrogen-bond acceptors (Lipinski definition) is 3. The highest BCUT2D eigenvalue weighted by atomic mass is 79.9. The molecule has 0 aliphatic carbocycles. The number of benzene rings is 1. The first kappa shape index (κ1) is 16.0. The SMILES string of the molecule is COc1c(C)cnc(CNC(C)c2cccc(Br)c2)c1C. The first-order chi connectivity index (χ1) is 10.0. The first-order valence-electron chi connectivity index (χ1n) is 7.01. The van der Waals surface area contributed by atoms with Gasteiger partial charge in [0.25, 0.3) is 0 Å². The van der Waals surface area contributed by atoms with Gasteiger partial charge < -0.3 is 10.1 Å². The molecule has 1 unspecified atom stereocenters. The third kappa shape index (κ3) is 3.83. The third-order valence-corrected chi connectivity index (χ3v) is 4.17. The van der Waals surface area contributed by atoms with E-state index in [4.69, 9.17) is 4.74 Å². The van der Waals surface area contributed by atoms with Crippen molar-refractivity contribution in [1.82, 2.24) is 10.3 Å². The number of pyridine rings is 1. The first-order valence-corrected chi connectivity index (χ1v) is 7.80. The summed E-state index contributed by atoms with van der Waals surface area (Å²) in [5.74, 6) is 0.928. The lowest BCUT2D eigenvalue weighted by Crippen LogP contribution is -2.19. The van der Waals surface area contributed by atoms with E-state index in [1.165, 1.54) is 5.56 Å². The molecule has 1 aromatic carbocycles. The summed E-state index contributed by atoms with van der Waals surface area (Å²) in [6.07, 6.45) is 1.87. The fraction of sp³-hybridized carbons (Fsp3) is 0.353. The highest BCUT2D eigenvalue weighted by molar-refractivity contribution is 9.10. The zero-order valence-electron chi connectivity index (χ0n) is 12.9. The summed E-state index contributed by atoms with van der Waals surface area (Å²) in [4.78, 5) is 4.52. The minimum Gasteiger partial charge on any atom is -0.496 e. The average molecular weight is 349 g/mol. The number of rotatable bonds is 5. The molecule has 1 atom stereocenters. The van der Waals surface area contributed by atoms with Gasteiger partial charge in [-0.2, -0.15) is 0 Å². The number of hydrogen-bond donors (Lipinski definition) is 1. The second-order valence-corrected chi connectivity index (χ2v) is 6.12. The van der Waals surface area contributed by atoms with Crippen LogP contribution in [0.3, 0.4) is 0 Å². The molecule has 21 heavy (non-hydrogen) atoms. The van der Waals surface area contributed by atoms with Crippen LogP contribution in [-0.2, 0) is 6.54 Å². The lowest BCUT2D eigenvalue weighted by atomic mass is 10.1. The second-order valence-electron chi connectivity index (χ2n) is 5.20. The Kier molecular flexibility index (Phi) is 5.37. The molecule has 1 heterocycles. The summed E-state index contributed by atoms with van der Waals surface area (Å²) in [5.41, 5.74) is 4.45. The van der Waals surface area contributed by atoms with Gasteiger partial charge in [-0.3, -0.25) is 4.98 Å². The largest absolute Gasteiger partial charge is 0.496 e. The van der Waals surface area contributed by atoms with Crippen LogP contribution in [0, 0.1) is 13.8 Å². The van der Waals surface area contributed by atoms with Crippen LogP contribution in [0.5, 0.6) is 5.75 Å². The number of aromatic nitrogens is 1. The predicted molar refractivity (Wildman–Crippen MR) is 89.7 cm³/mol. The highest BCUT2D eigenvalue weighted by Crippen LogP contribution is 2.24. The minimum absolute atomic E-state index is 0.260. The molecule has 112 valence electrons. The van der Waals surface area contributed by atoms with Crippen molar-refractivity contribution in [2.75, 3.05) is 7.11 Å². The van der Waals surface area contributed by atoms with E-state index in [0.717, 1.165) is 33.6 Å². The van der Waals surface area contributed by atoms with Crippen LogP contribution in [-0.4, -0.2) is 12.1 Å². The van der Waals surface area contributed by atoms with Gasteiger partial charge in [0.1, 0.15) is 5.75 Å². The Morgan fingerprint density at radius 2 is 2.10 bits per heavy atom. The smallest absolute Gasteiger partial charge is 0.128 e. The molecule has 2 rings (SSSR count). The predicted octanol–water partition coefficient (Wildman–Crippen LogP) is 4.32. The maximum Gasteiger partial charge on any atom is 0.128 e. The molecule has 1 aromatic heterocycles. The van der Waals surface area contributed by atoms with Gasteiger partial charge in [-0.05, 0) is 38.5 Å². The van der Waals surface area contributed by atoms with E-state index >= 15 is 0 Å². The van der Waals surface area contributed by atoms with E-state index in [0.29, 0.717) is 0 Å². The quantitative estimate of drug-likeness (QED) is 0.873. The van der Waals surface area contributed by atoms with Gasteiger partial charge in [0.05, 0.1) is 12.8 Å². The van der Waals surface area contributed by atoms with Gasteiger partial charge in [0.15, 0.2) is 0 Å². The molecule has 0 aliphatic rings. The second kappa shape index (κ2) is 7.05. The van der Waals surface area contributed by atoms with Crippen LogP contribution in [0.25, 0.3) is 0 Å². The van der Waals surface area contributed by atoms with Crippen LogP contribution in [0.1, 0.15) is 35.3 Å². The summed E-state index contributed by atoms with van der Waals surface area (Å²) in [5, 5.41) is 3.52. The molecule has 4 heteroatoms. The molecule has 0 radical (unpaired) electrons. The Hall–Kier alpha value is -1.39. The molecule has 0 bridgehead atoms. The van der Waals surface area contributed by atoms with Crippen molar-refractivity contribution in [2.45, 2.75) is 33.4 Å². The lowest BCUT2D eigenvalue weighted by molar-refractivity contribution is 0.406. The molecule has 0 saturated carbocycles. The Morgan fingerprint density at radius 1 is 1.33 bits per heavy atom. The fourth-order valence-corrected chi connectivity index (χ4v) is 2.81. The Labute approximate surface area is 134 Å². The van der Waals surface area contributed by atoms with Crippen molar-refractivity contribution < 1.29 is 4.74 Å². The minimum atomic E-state index is 0.260. The van der Waals surface area contributed by atoms with Gasteiger partial charge in [-0.1, -0.05) is 28.1 Å². The van der Waals surface area contributed by atoms with Crippen LogP contribution in [0.15, 0.2) is 34.9 Å². The number of nitrogens with zero attached hydrogens (tertiary/aromatic N) is 1. The number of halogens is 1. The summed E-state index contributed by atoms with van der Waals surface area (Å²) >= 11 is 3.51. The fourth-order valence-electron chi connectivity index (χ4n) is 2.39. The monoisotopic (exact) mass is 348 g/mol. The molecule has 0 saturated heterocycles. The van der Waals surface area contributed by atoms with Crippen molar-refractivity contribution in [3.63, 3.8) is 0 Å². The summed E-state index contributed by atoms with van der Waals surface area (Å²) in [7, 11) is 1.71. The normalized spacial score (nSPS) is 12.2. The van der Waals surface area contributed by atoms with Crippen LogP contribution < -0.4 is 10.1 Å². The van der Waals surface area contributed by atoms with E-state index in [1.807, 2.05) is 19.2 Å². The Morgan fingerprint density at radius 3 is 2.76 bits per heavy atom. The molecule has 1 N–H and O–H groups in total. The summed E-state index contributed by atoms with van der Waals surface area (Å²) in [6.45, 7) is 6.94. The number of ether oxygens (including phenoxy) is 1. The van der Waals surface area contributed by atoms with Gasteiger partial charge in [0.2, 0.25) is 0 Å². The molecule has 0 aliphatic heterocycles. The number of methoxy groups -OCH3 is 1. The van der Waals surface area contributed by atoms with Crippen molar-refractivity contribution >= 4 is 15.9 Å². The zero-order valence-corrected chi connectivity index (χ0v) is 14.5. The summed E-state index contributed by atoms with van der Waals surface area (Å²) in [6, 6.07) is 8.60. The molecular formula is C17H21BrN2O. The Bertz CT molecular complexity index is 628. The molecule has 2 aromatic rings. The number of aryl methyl sites for hydroxylation is 1. The molecule has 0 fully saturated rings. The van der Waals surface area contributed by atoms with Gasteiger partial charge >= 0.3 is 0 Å². The maximum absolute atomic E-state index is 5.45. The van der Waals surface area contributed by atoms with E-state index < -0.39 is 0 Å². The van der Waals surface area contributed by atoms with Crippen molar-refractivity contribution in [3.05, 3.63) is 57.3 Å². The molecule has 0 amide bonds. The van der Waals surface area contributed by atoms with Gasteiger partial charge in [0, 0.05) is 34.4 Å². The van der Waals surface area contributed by atoms with Crippen molar-refractivity contribution in [2.24, 2.45) is 0 Å². The zero-order chi connectivity index (χ0) is 15.4. The van der Waals surface area contributed by atoms with Crippen molar-refractivity contribution in [1.29, 1.82) is 0 Å². The standard InChI is InChI=1S/C17H21BrN2O/c1-11-9-20-16(12(2)17(11)21-4)10-19-13(3)14-6-5-7-15(18)8-14/h5-9,13,19H,10H2,1-4H3. The average Bonchev–Trinajstić information content (AvgIpc) is 2.46. The van der Waals surface area contributed by atoms with E-state index in [9.17, 15) is 0 Å².